The highest BCUT2D eigenvalue weighted by molar-refractivity contribution is 8.18. The van der Waals surface area contributed by atoms with Crippen molar-refractivity contribution in [3.05, 3.63) is 58.0 Å². The maximum atomic E-state index is 12.3. The Kier molecular flexibility index (Phi) is 5.32. The van der Waals surface area contributed by atoms with E-state index in [-0.39, 0.29) is 5.91 Å². The van der Waals surface area contributed by atoms with Crippen LogP contribution in [-0.4, -0.2) is 25.3 Å². The number of hydrogen-bond acceptors (Lipinski definition) is 5. The number of carbonyl (C=O) groups excluding carboxylic acids is 1. The lowest BCUT2D eigenvalue weighted by atomic mass is 10.1. The highest BCUT2D eigenvalue weighted by Crippen LogP contribution is 2.32. The maximum absolute atomic E-state index is 12.3. The summed E-state index contributed by atoms with van der Waals surface area (Å²) in [7, 11) is 3.19. The molecule has 2 aromatic rings. The number of hydrogen-bond donors (Lipinski definition) is 1. The second-order valence-corrected chi connectivity index (χ2v) is 6.91. The second kappa shape index (κ2) is 7.66. The first-order valence-corrected chi connectivity index (χ1v) is 8.90. The number of rotatable bonds is 4. The van der Waals surface area contributed by atoms with E-state index >= 15 is 0 Å². The molecule has 134 valence electrons. The number of nitrogens with zero attached hydrogens (tertiary/aromatic N) is 1. The molecule has 0 aromatic heterocycles. The van der Waals surface area contributed by atoms with Gasteiger partial charge in [0.05, 0.1) is 24.8 Å². The van der Waals surface area contributed by atoms with Crippen molar-refractivity contribution >= 4 is 34.6 Å². The van der Waals surface area contributed by atoms with E-state index in [4.69, 9.17) is 9.47 Å². The molecule has 1 fully saturated rings. The van der Waals surface area contributed by atoms with E-state index < -0.39 is 0 Å². The molecule has 2 aromatic carbocycles. The zero-order chi connectivity index (χ0) is 18.7. The van der Waals surface area contributed by atoms with Crippen LogP contribution in [0.1, 0.15) is 16.7 Å². The van der Waals surface area contributed by atoms with E-state index in [0.717, 1.165) is 16.8 Å². The van der Waals surface area contributed by atoms with Crippen molar-refractivity contribution in [2.45, 2.75) is 13.8 Å². The Labute approximate surface area is 157 Å². The van der Waals surface area contributed by atoms with Crippen LogP contribution < -0.4 is 14.8 Å². The summed E-state index contributed by atoms with van der Waals surface area (Å²) < 4.78 is 10.6. The van der Waals surface area contributed by atoms with Gasteiger partial charge in [-0.15, -0.1) is 0 Å². The molecule has 6 heteroatoms. The summed E-state index contributed by atoms with van der Waals surface area (Å²) in [6, 6.07) is 11.5. The molecule has 1 heterocycles. The van der Waals surface area contributed by atoms with Gasteiger partial charge in [-0.2, -0.15) is 0 Å². The minimum absolute atomic E-state index is 0.170. The lowest BCUT2D eigenvalue weighted by Gasteiger charge is -2.07. The fraction of sp³-hybridized carbons (Fsp3) is 0.200. The van der Waals surface area contributed by atoms with Crippen LogP contribution in [0.4, 0.5) is 5.69 Å². The molecule has 26 heavy (non-hydrogen) atoms. The number of carbonyl (C=O) groups is 1. The summed E-state index contributed by atoms with van der Waals surface area (Å²) in [5.74, 6) is 1.17. The fourth-order valence-corrected chi connectivity index (χ4v) is 3.43. The van der Waals surface area contributed by atoms with E-state index in [1.165, 1.54) is 17.3 Å². The number of ether oxygens (including phenoxy) is 2. The highest BCUT2D eigenvalue weighted by Gasteiger charge is 2.24. The number of methoxy groups -OCH3 is 2. The van der Waals surface area contributed by atoms with E-state index in [1.54, 1.807) is 26.4 Å². The van der Waals surface area contributed by atoms with Gasteiger partial charge in [0.1, 0.15) is 11.5 Å². The minimum atomic E-state index is -0.170. The van der Waals surface area contributed by atoms with Crippen molar-refractivity contribution in [3.63, 3.8) is 0 Å². The summed E-state index contributed by atoms with van der Waals surface area (Å²) in [5, 5.41) is 3.38. The summed E-state index contributed by atoms with van der Waals surface area (Å²) in [5.41, 5.74) is 3.91. The van der Waals surface area contributed by atoms with Gasteiger partial charge in [-0.3, -0.25) is 4.79 Å². The van der Waals surface area contributed by atoms with Crippen LogP contribution in [-0.2, 0) is 4.79 Å². The Bertz CT molecular complexity index is 919. The molecule has 0 aliphatic carbocycles. The summed E-state index contributed by atoms with van der Waals surface area (Å²) >= 11 is 1.31. The lowest BCUT2D eigenvalue weighted by Crippen LogP contribution is -2.19. The molecule has 0 unspecified atom stereocenters. The molecular weight excluding hydrogens is 348 g/mol. The summed E-state index contributed by atoms with van der Waals surface area (Å²) in [6.45, 7) is 4.05. The van der Waals surface area contributed by atoms with E-state index in [2.05, 4.69) is 16.4 Å². The molecule has 0 spiro atoms. The molecule has 0 radical (unpaired) electrons. The Morgan fingerprint density at radius 2 is 1.88 bits per heavy atom. The standard InChI is InChI=1S/C20H20N2O3S/c1-12-5-8-16(13(2)9-12)21-20-22-19(23)18(26-20)10-14-6-7-15(24-3)11-17(14)25-4/h5-11H,1-4H3,(H,21,22,23)/b18-10-. The Hall–Kier alpha value is -2.73. The van der Waals surface area contributed by atoms with Crippen molar-refractivity contribution in [1.29, 1.82) is 0 Å². The number of amidine groups is 1. The van der Waals surface area contributed by atoms with Gasteiger partial charge in [0, 0.05) is 11.6 Å². The van der Waals surface area contributed by atoms with Gasteiger partial charge >= 0.3 is 0 Å². The maximum Gasteiger partial charge on any atom is 0.264 e. The van der Waals surface area contributed by atoms with E-state index in [0.29, 0.717) is 21.6 Å². The van der Waals surface area contributed by atoms with Crippen LogP contribution in [0.2, 0.25) is 0 Å². The Balaban J connectivity index is 1.88. The number of aliphatic imine (C=N–C) groups is 1. The molecule has 1 N–H and O–H groups in total. The van der Waals surface area contributed by atoms with Crippen molar-refractivity contribution in [3.8, 4) is 11.5 Å². The van der Waals surface area contributed by atoms with Crippen molar-refractivity contribution in [2.24, 2.45) is 4.99 Å². The van der Waals surface area contributed by atoms with Gasteiger partial charge < -0.3 is 14.8 Å². The predicted molar refractivity (Wildman–Crippen MR) is 106 cm³/mol. The number of benzene rings is 2. The molecule has 0 atom stereocenters. The van der Waals surface area contributed by atoms with Gasteiger partial charge in [0.15, 0.2) is 5.17 Å². The van der Waals surface area contributed by atoms with Crippen LogP contribution in [0.25, 0.3) is 6.08 Å². The first-order valence-electron chi connectivity index (χ1n) is 8.09. The third-order valence-corrected chi connectivity index (χ3v) is 4.86. The van der Waals surface area contributed by atoms with Crippen LogP contribution in [0.5, 0.6) is 11.5 Å². The topological polar surface area (TPSA) is 59.9 Å². The van der Waals surface area contributed by atoms with Crippen LogP contribution in [0.15, 0.2) is 46.3 Å². The van der Waals surface area contributed by atoms with Gasteiger partial charge in [-0.25, -0.2) is 4.99 Å². The number of aryl methyl sites for hydroxylation is 2. The van der Waals surface area contributed by atoms with Gasteiger partial charge in [-0.1, -0.05) is 17.7 Å². The predicted octanol–water partition coefficient (Wildman–Crippen LogP) is 4.21. The van der Waals surface area contributed by atoms with E-state index in [1.807, 2.05) is 38.1 Å². The average Bonchev–Trinajstić information content (AvgIpc) is 2.97. The summed E-state index contributed by atoms with van der Waals surface area (Å²) in [4.78, 5) is 17.4. The molecule has 1 saturated heterocycles. The van der Waals surface area contributed by atoms with Crippen molar-refractivity contribution in [2.75, 3.05) is 14.2 Å². The third kappa shape index (κ3) is 3.91. The van der Waals surface area contributed by atoms with E-state index in [9.17, 15) is 4.79 Å². The smallest absolute Gasteiger partial charge is 0.264 e. The first-order chi connectivity index (χ1) is 12.5. The van der Waals surface area contributed by atoms with Gasteiger partial charge in [0.25, 0.3) is 5.91 Å². The Morgan fingerprint density at radius 1 is 1.08 bits per heavy atom. The number of thioether (sulfide) groups is 1. The molecule has 3 rings (SSSR count). The largest absolute Gasteiger partial charge is 0.497 e. The molecule has 0 bridgehead atoms. The van der Waals surface area contributed by atoms with Crippen molar-refractivity contribution < 1.29 is 14.3 Å². The first kappa shape index (κ1) is 18.1. The monoisotopic (exact) mass is 368 g/mol. The molecule has 1 amide bonds. The van der Waals surface area contributed by atoms with Crippen LogP contribution in [0, 0.1) is 13.8 Å². The zero-order valence-corrected chi connectivity index (χ0v) is 15.9. The lowest BCUT2D eigenvalue weighted by molar-refractivity contribution is -0.115. The molecule has 5 nitrogen and oxygen atoms in total. The van der Waals surface area contributed by atoms with Crippen molar-refractivity contribution in [1.82, 2.24) is 5.32 Å². The normalized spacial score (nSPS) is 16.8. The second-order valence-electron chi connectivity index (χ2n) is 5.88. The Morgan fingerprint density at radius 3 is 2.58 bits per heavy atom. The molecular formula is C20H20N2O3S. The molecule has 1 aliphatic rings. The molecule has 0 saturated carbocycles. The summed E-state index contributed by atoms with van der Waals surface area (Å²) in [6.07, 6.45) is 1.79. The SMILES string of the molecule is COc1ccc(/C=C2\SC(=Nc3ccc(C)cc3C)NC2=O)c(OC)c1. The quantitative estimate of drug-likeness (QED) is 0.821. The highest BCUT2D eigenvalue weighted by atomic mass is 32.2. The molecule has 1 aliphatic heterocycles. The fourth-order valence-electron chi connectivity index (χ4n) is 2.60. The minimum Gasteiger partial charge on any atom is -0.497 e. The average molecular weight is 368 g/mol. The van der Waals surface area contributed by atoms with Gasteiger partial charge in [0.2, 0.25) is 0 Å². The zero-order valence-electron chi connectivity index (χ0n) is 15.1. The number of nitrogens with one attached hydrogen (secondary N) is 1. The third-order valence-electron chi connectivity index (χ3n) is 3.95. The van der Waals surface area contributed by atoms with Crippen LogP contribution >= 0.6 is 11.8 Å². The number of amides is 1. The van der Waals surface area contributed by atoms with Crippen LogP contribution in [0.3, 0.4) is 0 Å². The van der Waals surface area contributed by atoms with Gasteiger partial charge in [-0.05, 0) is 55.4 Å².